The van der Waals surface area contributed by atoms with E-state index in [2.05, 4.69) is 41.5 Å². The maximum Gasteiger partial charge on any atom is 0.272 e. The molecular formula is C23H19BrN6O2. The van der Waals surface area contributed by atoms with E-state index in [9.17, 15) is 4.79 Å². The van der Waals surface area contributed by atoms with Crippen LogP contribution in [0.1, 0.15) is 29.2 Å². The van der Waals surface area contributed by atoms with Crippen LogP contribution in [0.3, 0.4) is 0 Å². The molecule has 1 atom stereocenters. The van der Waals surface area contributed by atoms with Gasteiger partial charge in [-0.05, 0) is 36.8 Å². The number of hydrogen-bond acceptors (Lipinski definition) is 6. The maximum absolute atomic E-state index is 12.6. The molecule has 160 valence electrons. The molecule has 3 heterocycles. The molecule has 0 saturated carbocycles. The van der Waals surface area contributed by atoms with Crippen LogP contribution in [0.15, 0.2) is 59.2 Å². The van der Waals surface area contributed by atoms with Gasteiger partial charge >= 0.3 is 0 Å². The van der Waals surface area contributed by atoms with E-state index >= 15 is 0 Å². The number of halogens is 1. The van der Waals surface area contributed by atoms with Crippen molar-refractivity contribution < 1.29 is 9.53 Å². The fourth-order valence-corrected chi connectivity index (χ4v) is 4.24. The molecule has 0 fully saturated rings. The molecule has 8 nitrogen and oxygen atoms in total. The summed E-state index contributed by atoms with van der Waals surface area (Å²) in [5.41, 5.74) is 4.29. The van der Waals surface area contributed by atoms with Crippen molar-refractivity contribution in [1.82, 2.24) is 25.0 Å². The molecule has 9 heteroatoms. The molecular weight excluding hydrogens is 472 g/mol. The van der Waals surface area contributed by atoms with Gasteiger partial charge in [0, 0.05) is 27.9 Å². The van der Waals surface area contributed by atoms with E-state index in [-0.39, 0.29) is 17.8 Å². The van der Waals surface area contributed by atoms with Crippen LogP contribution in [0.4, 0.5) is 5.82 Å². The lowest BCUT2D eigenvalue weighted by Crippen LogP contribution is -2.25. The normalized spacial score (nSPS) is 15.2. The van der Waals surface area contributed by atoms with Crippen LogP contribution in [-0.2, 0) is 4.79 Å². The van der Waals surface area contributed by atoms with Gasteiger partial charge < -0.3 is 10.1 Å². The van der Waals surface area contributed by atoms with E-state index in [0.29, 0.717) is 17.9 Å². The molecule has 0 saturated heterocycles. The zero-order valence-corrected chi connectivity index (χ0v) is 19.0. The molecule has 0 bridgehead atoms. The first-order chi connectivity index (χ1) is 15.5. The van der Waals surface area contributed by atoms with Crippen molar-refractivity contribution >= 4 is 27.7 Å². The minimum Gasteiger partial charge on any atom is -0.497 e. The van der Waals surface area contributed by atoms with Gasteiger partial charge in [0.15, 0.2) is 0 Å². The fraction of sp³-hybridized carbons (Fsp3) is 0.174. The topological polar surface area (TPSA) is 94.8 Å². The lowest BCUT2D eigenvalue weighted by atomic mass is 9.86. The van der Waals surface area contributed by atoms with E-state index in [1.165, 1.54) is 0 Å². The third-order valence-corrected chi connectivity index (χ3v) is 6.01. The average Bonchev–Trinajstić information content (AvgIpc) is 3.15. The van der Waals surface area contributed by atoms with Gasteiger partial charge in [-0.3, -0.25) is 4.79 Å². The van der Waals surface area contributed by atoms with Gasteiger partial charge in [-0.15, -0.1) is 5.10 Å². The Kier molecular flexibility index (Phi) is 5.18. The smallest absolute Gasteiger partial charge is 0.272 e. The fourth-order valence-electron chi connectivity index (χ4n) is 3.98. The Hall–Kier alpha value is -3.59. The van der Waals surface area contributed by atoms with Crippen molar-refractivity contribution in [1.29, 1.82) is 0 Å². The van der Waals surface area contributed by atoms with E-state index in [0.717, 1.165) is 32.6 Å². The molecule has 1 unspecified atom stereocenters. The summed E-state index contributed by atoms with van der Waals surface area (Å²) in [7, 11) is 1.62. The molecule has 1 aliphatic rings. The van der Waals surface area contributed by atoms with Crippen molar-refractivity contribution in [2.45, 2.75) is 19.3 Å². The largest absolute Gasteiger partial charge is 0.497 e. The van der Waals surface area contributed by atoms with E-state index < -0.39 is 0 Å². The number of carbonyl (C=O) groups is 1. The van der Waals surface area contributed by atoms with Gasteiger partial charge in [-0.25, -0.2) is 4.98 Å². The monoisotopic (exact) mass is 490 g/mol. The highest BCUT2D eigenvalue weighted by atomic mass is 79.9. The zero-order valence-electron chi connectivity index (χ0n) is 17.4. The predicted octanol–water partition coefficient (Wildman–Crippen LogP) is 4.28. The quantitative estimate of drug-likeness (QED) is 0.458. The molecule has 4 aromatic rings. The summed E-state index contributed by atoms with van der Waals surface area (Å²) in [6.45, 7) is 1.93. The third-order valence-electron chi connectivity index (χ3n) is 5.48. The molecule has 32 heavy (non-hydrogen) atoms. The Labute approximate surface area is 192 Å². The van der Waals surface area contributed by atoms with Crippen molar-refractivity contribution in [3.05, 3.63) is 76.0 Å². The van der Waals surface area contributed by atoms with Gasteiger partial charge in [0.25, 0.3) is 5.95 Å². The summed E-state index contributed by atoms with van der Waals surface area (Å²) < 4.78 is 7.86. The number of methoxy groups -OCH3 is 1. The number of aryl methyl sites for hydroxylation is 1. The van der Waals surface area contributed by atoms with Gasteiger partial charge in [0.05, 0.1) is 24.7 Å². The Bertz CT molecular complexity index is 1320. The second kappa shape index (κ2) is 8.16. The lowest BCUT2D eigenvalue weighted by Gasteiger charge is -2.24. The Balaban J connectivity index is 1.60. The van der Waals surface area contributed by atoms with Gasteiger partial charge in [0.2, 0.25) is 5.91 Å². The Morgan fingerprint density at radius 1 is 1.19 bits per heavy atom. The summed E-state index contributed by atoms with van der Waals surface area (Å²) in [5, 5.41) is 15.9. The molecule has 2 aromatic heterocycles. The summed E-state index contributed by atoms with van der Waals surface area (Å²) >= 11 is 3.47. The van der Waals surface area contributed by atoms with Crippen molar-refractivity contribution in [3.63, 3.8) is 0 Å². The number of benzene rings is 2. The summed E-state index contributed by atoms with van der Waals surface area (Å²) in [4.78, 5) is 17.3. The molecule has 1 aliphatic heterocycles. The van der Waals surface area contributed by atoms with E-state index in [1.807, 2.05) is 55.5 Å². The Morgan fingerprint density at radius 3 is 2.78 bits per heavy atom. The minimum atomic E-state index is -0.102. The molecule has 5 rings (SSSR count). The SMILES string of the molecule is COc1cccc(-c2cnnc(-n3nc(C)c4c3NC(=O)CC4c3ccc(Br)cc3)n2)c1. The lowest BCUT2D eigenvalue weighted by molar-refractivity contribution is -0.116. The predicted molar refractivity (Wildman–Crippen MR) is 123 cm³/mol. The second-order valence-electron chi connectivity index (χ2n) is 7.49. The summed E-state index contributed by atoms with van der Waals surface area (Å²) in [6.07, 6.45) is 1.94. The highest BCUT2D eigenvalue weighted by Crippen LogP contribution is 2.40. The number of amides is 1. The molecule has 0 aliphatic carbocycles. The van der Waals surface area contributed by atoms with Crippen LogP contribution in [0.25, 0.3) is 17.2 Å². The van der Waals surface area contributed by atoms with Gasteiger partial charge in [-0.1, -0.05) is 40.2 Å². The number of nitrogens with zero attached hydrogens (tertiary/aromatic N) is 5. The number of carbonyl (C=O) groups excluding carboxylic acids is 1. The van der Waals surface area contributed by atoms with Crippen molar-refractivity contribution in [2.75, 3.05) is 12.4 Å². The second-order valence-corrected chi connectivity index (χ2v) is 8.41. The van der Waals surface area contributed by atoms with Crippen LogP contribution in [0.5, 0.6) is 5.75 Å². The first-order valence-electron chi connectivity index (χ1n) is 10.0. The third kappa shape index (κ3) is 3.64. The number of hydrogen-bond donors (Lipinski definition) is 1. The van der Waals surface area contributed by atoms with Crippen molar-refractivity contribution in [2.24, 2.45) is 0 Å². The van der Waals surface area contributed by atoms with E-state index in [4.69, 9.17) is 4.74 Å². The number of ether oxygens (including phenoxy) is 1. The summed E-state index contributed by atoms with van der Waals surface area (Å²) in [6, 6.07) is 15.6. The maximum atomic E-state index is 12.6. The highest BCUT2D eigenvalue weighted by Gasteiger charge is 2.33. The molecule has 0 radical (unpaired) electrons. The number of nitrogens with one attached hydrogen (secondary N) is 1. The van der Waals surface area contributed by atoms with Crippen LogP contribution in [0.2, 0.25) is 0 Å². The first-order valence-corrected chi connectivity index (χ1v) is 10.8. The number of aromatic nitrogens is 5. The summed E-state index contributed by atoms with van der Waals surface area (Å²) in [5.74, 6) is 1.40. The molecule has 1 amide bonds. The van der Waals surface area contributed by atoms with Gasteiger partial charge in [-0.2, -0.15) is 14.9 Å². The molecule has 0 spiro atoms. The molecule has 1 N–H and O–H groups in total. The van der Waals surface area contributed by atoms with Crippen LogP contribution in [-0.4, -0.2) is 38.0 Å². The zero-order chi connectivity index (χ0) is 22.2. The highest BCUT2D eigenvalue weighted by molar-refractivity contribution is 9.10. The van der Waals surface area contributed by atoms with Crippen molar-refractivity contribution in [3.8, 4) is 23.0 Å². The van der Waals surface area contributed by atoms with Crippen LogP contribution in [0, 0.1) is 6.92 Å². The number of rotatable bonds is 4. The van der Waals surface area contributed by atoms with E-state index in [1.54, 1.807) is 18.0 Å². The Morgan fingerprint density at radius 2 is 2.00 bits per heavy atom. The average molecular weight is 491 g/mol. The van der Waals surface area contributed by atoms with Gasteiger partial charge in [0.1, 0.15) is 11.6 Å². The number of fused-ring (bicyclic) bond motifs is 1. The standard InChI is InChI=1S/C23H19BrN6O2/c1-13-21-18(14-6-8-16(24)9-7-14)11-20(31)27-22(21)30(29-13)23-26-19(12-25-28-23)15-4-3-5-17(10-15)32-2/h3-10,12,18H,11H2,1-2H3,(H,27,31). The van der Waals surface area contributed by atoms with Crippen LogP contribution < -0.4 is 10.1 Å². The minimum absolute atomic E-state index is 0.0801. The molecule has 2 aromatic carbocycles. The first kappa shape index (κ1) is 20.3. The number of anilines is 1. The van der Waals surface area contributed by atoms with Crippen LogP contribution >= 0.6 is 15.9 Å².